The second-order valence-electron chi connectivity index (χ2n) is 3.79. The molecule has 0 radical (unpaired) electrons. The van der Waals surface area contributed by atoms with E-state index in [0.717, 1.165) is 0 Å². The standard InChI is InChI=1S/C10H16ClN3O3S/c1-8-13-9(11)7-10(14-8)12-3-4-17-5-6-18(2,15)16/h7H,3-6H2,1-2H3,(H,12,13,14). The van der Waals surface area contributed by atoms with Gasteiger partial charge < -0.3 is 10.1 Å². The number of halogens is 1. The molecule has 0 saturated carbocycles. The van der Waals surface area contributed by atoms with E-state index in [1.165, 1.54) is 6.26 Å². The molecule has 1 heterocycles. The highest BCUT2D eigenvalue weighted by Crippen LogP contribution is 2.10. The number of hydrogen-bond donors (Lipinski definition) is 1. The van der Waals surface area contributed by atoms with Crippen LogP contribution in [0.15, 0.2) is 6.07 Å². The highest BCUT2D eigenvalue weighted by molar-refractivity contribution is 7.90. The molecular formula is C10H16ClN3O3S. The number of sulfone groups is 1. The highest BCUT2D eigenvalue weighted by atomic mass is 35.5. The van der Waals surface area contributed by atoms with Gasteiger partial charge in [-0.3, -0.25) is 0 Å². The van der Waals surface area contributed by atoms with E-state index in [2.05, 4.69) is 15.3 Å². The first kappa shape index (κ1) is 15.1. The number of aromatic nitrogens is 2. The van der Waals surface area contributed by atoms with E-state index in [0.29, 0.717) is 29.9 Å². The van der Waals surface area contributed by atoms with Gasteiger partial charge >= 0.3 is 0 Å². The van der Waals surface area contributed by atoms with E-state index in [1.54, 1.807) is 13.0 Å². The van der Waals surface area contributed by atoms with Crippen molar-refractivity contribution >= 4 is 27.3 Å². The number of nitrogens with one attached hydrogen (secondary N) is 1. The van der Waals surface area contributed by atoms with Crippen LogP contribution in [-0.2, 0) is 14.6 Å². The first-order chi connectivity index (χ1) is 8.37. The number of nitrogens with zero attached hydrogens (tertiary/aromatic N) is 2. The van der Waals surface area contributed by atoms with Crippen molar-refractivity contribution in [3.05, 3.63) is 17.0 Å². The van der Waals surface area contributed by atoms with E-state index in [1.807, 2.05) is 0 Å². The van der Waals surface area contributed by atoms with Crippen LogP contribution in [-0.4, -0.2) is 50.2 Å². The lowest BCUT2D eigenvalue weighted by Gasteiger charge is -2.07. The third-order valence-corrected chi connectivity index (χ3v) is 3.06. The third kappa shape index (κ3) is 6.73. The van der Waals surface area contributed by atoms with E-state index in [-0.39, 0.29) is 12.4 Å². The maximum absolute atomic E-state index is 10.8. The Morgan fingerprint density at radius 1 is 1.39 bits per heavy atom. The summed E-state index contributed by atoms with van der Waals surface area (Å²) in [6.45, 7) is 2.87. The fraction of sp³-hybridized carbons (Fsp3) is 0.600. The molecule has 1 aromatic heterocycles. The maximum atomic E-state index is 10.8. The van der Waals surface area contributed by atoms with Gasteiger partial charge in [0.1, 0.15) is 26.6 Å². The zero-order valence-electron chi connectivity index (χ0n) is 10.3. The molecule has 102 valence electrons. The van der Waals surface area contributed by atoms with Gasteiger partial charge in [0.2, 0.25) is 0 Å². The summed E-state index contributed by atoms with van der Waals surface area (Å²) in [5.41, 5.74) is 0. The Morgan fingerprint density at radius 3 is 2.72 bits per heavy atom. The van der Waals surface area contributed by atoms with Crippen LogP contribution in [0.2, 0.25) is 5.15 Å². The Bertz CT molecular complexity index is 473. The molecule has 0 aliphatic carbocycles. The summed E-state index contributed by atoms with van der Waals surface area (Å²) in [5, 5.41) is 3.39. The minimum Gasteiger partial charge on any atom is -0.379 e. The lowest BCUT2D eigenvalue weighted by molar-refractivity contribution is 0.159. The van der Waals surface area contributed by atoms with E-state index < -0.39 is 9.84 Å². The van der Waals surface area contributed by atoms with Crippen LogP contribution in [0.25, 0.3) is 0 Å². The molecule has 0 saturated heterocycles. The Kier molecular flexibility index (Phi) is 5.77. The second kappa shape index (κ2) is 6.86. The zero-order valence-corrected chi connectivity index (χ0v) is 11.9. The zero-order chi connectivity index (χ0) is 13.6. The van der Waals surface area contributed by atoms with Gasteiger partial charge in [-0.1, -0.05) is 11.6 Å². The predicted octanol–water partition coefficient (Wildman–Crippen LogP) is 0.912. The average Bonchev–Trinajstić information content (AvgIpc) is 2.20. The quantitative estimate of drug-likeness (QED) is 0.594. The largest absolute Gasteiger partial charge is 0.379 e. The number of rotatable bonds is 7. The minimum absolute atomic E-state index is 0.0332. The predicted molar refractivity (Wildman–Crippen MR) is 70.8 cm³/mol. The van der Waals surface area contributed by atoms with E-state index in [9.17, 15) is 8.42 Å². The van der Waals surface area contributed by atoms with Crippen LogP contribution in [0, 0.1) is 6.92 Å². The Labute approximate surface area is 112 Å². The van der Waals surface area contributed by atoms with E-state index >= 15 is 0 Å². The van der Waals surface area contributed by atoms with Crippen LogP contribution >= 0.6 is 11.6 Å². The van der Waals surface area contributed by atoms with Crippen molar-refractivity contribution in [3.63, 3.8) is 0 Å². The van der Waals surface area contributed by atoms with Crippen LogP contribution in [0.3, 0.4) is 0 Å². The molecule has 0 aromatic carbocycles. The van der Waals surface area contributed by atoms with Crippen molar-refractivity contribution in [2.45, 2.75) is 6.92 Å². The Hall–Kier alpha value is -0.920. The fourth-order valence-corrected chi connectivity index (χ4v) is 1.83. The number of aryl methyl sites for hydroxylation is 1. The van der Waals surface area contributed by atoms with E-state index in [4.69, 9.17) is 16.3 Å². The second-order valence-corrected chi connectivity index (χ2v) is 6.44. The Balaban J connectivity index is 2.22. The fourth-order valence-electron chi connectivity index (χ4n) is 1.19. The summed E-state index contributed by atoms with van der Waals surface area (Å²) in [5.74, 6) is 1.24. The molecule has 0 atom stereocenters. The number of ether oxygens (including phenoxy) is 1. The summed E-state index contributed by atoms with van der Waals surface area (Å²) >= 11 is 5.77. The molecule has 0 fully saturated rings. The van der Waals surface area contributed by atoms with Crippen molar-refractivity contribution in [2.75, 3.05) is 37.1 Å². The lowest BCUT2D eigenvalue weighted by atomic mass is 10.5. The molecular weight excluding hydrogens is 278 g/mol. The smallest absolute Gasteiger partial charge is 0.149 e. The molecule has 0 bridgehead atoms. The van der Waals surface area contributed by atoms with Gasteiger partial charge in [-0.15, -0.1) is 0 Å². The van der Waals surface area contributed by atoms with Crippen molar-refractivity contribution in [3.8, 4) is 0 Å². The molecule has 0 amide bonds. The molecule has 0 spiro atoms. The molecule has 0 aliphatic rings. The van der Waals surface area contributed by atoms with Crippen molar-refractivity contribution in [2.24, 2.45) is 0 Å². The summed E-state index contributed by atoms with van der Waals surface area (Å²) in [6, 6.07) is 1.62. The lowest BCUT2D eigenvalue weighted by Crippen LogP contribution is -2.15. The molecule has 18 heavy (non-hydrogen) atoms. The van der Waals surface area contributed by atoms with Gasteiger partial charge in [0, 0.05) is 18.9 Å². The monoisotopic (exact) mass is 293 g/mol. The molecule has 1 rings (SSSR count). The van der Waals surface area contributed by atoms with Gasteiger partial charge in [-0.05, 0) is 6.92 Å². The third-order valence-electron chi connectivity index (χ3n) is 1.96. The summed E-state index contributed by atoms with van der Waals surface area (Å²) in [7, 11) is -2.96. The first-order valence-corrected chi connectivity index (χ1v) is 7.81. The molecule has 0 unspecified atom stereocenters. The van der Waals surface area contributed by atoms with Gasteiger partial charge in [0.15, 0.2) is 0 Å². The van der Waals surface area contributed by atoms with Crippen LogP contribution in [0.5, 0.6) is 0 Å². The van der Waals surface area contributed by atoms with Crippen LogP contribution in [0.4, 0.5) is 5.82 Å². The molecule has 0 aliphatic heterocycles. The molecule has 6 nitrogen and oxygen atoms in total. The van der Waals surface area contributed by atoms with Crippen LogP contribution in [0.1, 0.15) is 5.82 Å². The summed E-state index contributed by atoms with van der Waals surface area (Å²) < 4.78 is 26.8. The average molecular weight is 294 g/mol. The topological polar surface area (TPSA) is 81.2 Å². The Morgan fingerprint density at radius 2 is 2.11 bits per heavy atom. The van der Waals surface area contributed by atoms with Crippen molar-refractivity contribution in [1.29, 1.82) is 0 Å². The molecule has 1 aromatic rings. The van der Waals surface area contributed by atoms with Gasteiger partial charge in [-0.25, -0.2) is 18.4 Å². The van der Waals surface area contributed by atoms with Gasteiger partial charge in [-0.2, -0.15) is 0 Å². The number of hydrogen-bond acceptors (Lipinski definition) is 6. The highest BCUT2D eigenvalue weighted by Gasteiger charge is 2.02. The summed E-state index contributed by atoms with van der Waals surface area (Å²) in [4.78, 5) is 8.07. The van der Waals surface area contributed by atoms with Crippen LogP contribution < -0.4 is 5.32 Å². The van der Waals surface area contributed by atoms with Gasteiger partial charge in [0.25, 0.3) is 0 Å². The SMILES string of the molecule is Cc1nc(Cl)cc(NCCOCCS(C)(=O)=O)n1. The maximum Gasteiger partial charge on any atom is 0.149 e. The van der Waals surface area contributed by atoms with Crippen molar-refractivity contribution < 1.29 is 13.2 Å². The molecule has 8 heteroatoms. The number of anilines is 1. The van der Waals surface area contributed by atoms with Gasteiger partial charge in [0.05, 0.1) is 19.0 Å². The molecule has 1 N–H and O–H groups in total. The van der Waals surface area contributed by atoms with Crippen molar-refractivity contribution in [1.82, 2.24) is 9.97 Å². The minimum atomic E-state index is -2.96. The normalized spacial score (nSPS) is 11.5. The first-order valence-electron chi connectivity index (χ1n) is 5.37. The summed E-state index contributed by atoms with van der Waals surface area (Å²) in [6.07, 6.45) is 1.18.